The van der Waals surface area contributed by atoms with Crippen molar-refractivity contribution in [2.24, 2.45) is 46.3 Å². The maximum absolute atomic E-state index is 13.1. The third kappa shape index (κ3) is 7.41. The highest BCUT2D eigenvalue weighted by Crippen LogP contribution is 2.67. The molecular weight excluding hydrogens is 621 g/mol. The van der Waals surface area contributed by atoms with E-state index < -0.39 is 18.4 Å². The molecule has 10 atom stereocenters. The Kier molecular flexibility index (Phi) is 10.8. The van der Waals surface area contributed by atoms with Gasteiger partial charge in [-0.05, 0) is 135 Å². The van der Waals surface area contributed by atoms with Gasteiger partial charge in [-0.15, -0.1) is 0 Å². The predicted molar refractivity (Wildman–Crippen MR) is 195 cm³/mol. The Labute approximate surface area is 288 Å². The quantitative estimate of drug-likeness (QED) is 0.143. The van der Waals surface area contributed by atoms with Crippen LogP contribution in [0.15, 0.2) is 40.8 Å². The summed E-state index contributed by atoms with van der Waals surface area (Å²) in [4.78, 5) is 0.245. The van der Waals surface area contributed by atoms with Crippen molar-refractivity contribution < 1.29 is 22.1 Å². The molecule has 0 radical (unpaired) electrons. The molecule has 1 aromatic rings. The maximum atomic E-state index is 13.1. The molecule has 4 aliphatic rings. The Morgan fingerprint density at radius 1 is 1.02 bits per heavy atom. The number of aliphatic hydroxyl groups is 1. The number of hydrogen-bond acceptors (Lipinski definition) is 5. The van der Waals surface area contributed by atoms with Gasteiger partial charge in [0, 0.05) is 6.61 Å². The maximum Gasteiger partial charge on any atom is 0.297 e. The Morgan fingerprint density at radius 3 is 2.36 bits per heavy atom. The van der Waals surface area contributed by atoms with E-state index in [0.29, 0.717) is 41.9 Å². The highest BCUT2D eigenvalue weighted by molar-refractivity contribution is 7.86. The fourth-order valence-electron chi connectivity index (χ4n) is 10.3. The van der Waals surface area contributed by atoms with Crippen molar-refractivity contribution in [2.45, 2.75) is 155 Å². The molecule has 0 heterocycles. The van der Waals surface area contributed by atoms with Gasteiger partial charge in [0.05, 0.1) is 17.1 Å². The number of fused-ring (bicyclic) bond motifs is 5. The van der Waals surface area contributed by atoms with E-state index in [1.54, 1.807) is 12.1 Å². The Bertz CT molecular complexity index is 1380. The van der Waals surface area contributed by atoms with Crippen LogP contribution < -0.4 is 0 Å². The molecule has 2 unspecified atom stereocenters. The molecule has 0 spiro atoms. The smallest absolute Gasteiger partial charge is 0.297 e. The average molecular weight is 687 g/mol. The first-order valence-electron chi connectivity index (χ1n) is 18.8. The van der Waals surface area contributed by atoms with Crippen LogP contribution in [0.3, 0.4) is 0 Å². The molecule has 266 valence electrons. The van der Waals surface area contributed by atoms with Crippen molar-refractivity contribution in [2.75, 3.05) is 6.61 Å². The lowest BCUT2D eigenvalue weighted by atomic mass is 9.47. The predicted octanol–water partition coefficient (Wildman–Crippen LogP) is 10.1. The molecule has 7 heteroatoms. The van der Waals surface area contributed by atoms with Crippen molar-refractivity contribution in [3.8, 4) is 0 Å². The van der Waals surface area contributed by atoms with Crippen LogP contribution in [0, 0.1) is 53.3 Å². The lowest BCUT2D eigenvalue weighted by Gasteiger charge is -2.58. The van der Waals surface area contributed by atoms with Crippen molar-refractivity contribution >= 4 is 18.4 Å². The van der Waals surface area contributed by atoms with Gasteiger partial charge in [-0.25, -0.2) is 0 Å². The van der Waals surface area contributed by atoms with E-state index >= 15 is 0 Å². The lowest BCUT2D eigenvalue weighted by Crippen LogP contribution is -2.51. The van der Waals surface area contributed by atoms with Crippen LogP contribution in [-0.4, -0.2) is 40.7 Å². The first-order valence-corrected chi connectivity index (χ1v) is 23.1. The number of benzene rings is 1. The van der Waals surface area contributed by atoms with E-state index in [2.05, 4.69) is 67.6 Å². The van der Waals surface area contributed by atoms with Gasteiger partial charge in [-0.1, -0.05) is 90.7 Å². The van der Waals surface area contributed by atoms with Gasteiger partial charge in [-0.2, -0.15) is 8.42 Å². The van der Waals surface area contributed by atoms with Crippen LogP contribution in [-0.2, 0) is 18.7 Å². The summed E-state index contributed by atoms with van der Waals surface area (Å²) in [6.45, 7) is 24.2. The zero-order chi connectivity index (χ0) is 34.6. The van der Waals surface area contributed by atoms with Crippen molar-refractivity contribution in [3.05, 3.63) is 41.5 Å². The summed E-state index contributed by atoms with van der Waals surface area (Å²) in [7, 11) is -5.50. The van der Waals surface area contributed by atoms with Gasteiger partial charge in [0.1, 0.15) is 0 Å². The number of aryl methyl sites for hydroxylation is 1. The third-order valence-corrected chi connectivity index (χ3v) is 20.1. The molecule has 3 fully saturated rings. The van der Waals surface area contributed by atoms with E-state index in [4.69, 9.17) is 8.61 Å². The second kappa shape index (κ2) is 13.6. The summed E-state index contributed by atoms with van der Waals surface area (Å²) in [5.41, 5.74) is 2.72. The Morgan fingerprint density at radius 2 is 1.70 bits per heavy atom. The fraction of sp³-hybridized carbons (Fsp3) is 0.800. The number of rotatable bonds is 11. The molecule has 0 saturated heterocycles. The van der Waals surface area contributed by atoms with Crippen LogP contribution in [0.1, 0.15) is 118 Å². The molecule has 0 amide bonds. The third-order valence-electron chi connectivity index (χ3n) is 14.2. The molecule has 3 saturated carbocycles. The first-order chi connectivity index (χ1) is 21.8. The van der Waals surface area contributed by atoms with E-state index in [0.717, 1.165) is 37.9 Å². The summed E-state index contributed by atoms with van der Waals surface area (Å²) >= 11 is 0. The van der Waals surface area contributed by atoms with E-state index in [1.807, 2.05) is 19.1 Å². The second-order valence-corrected chi connectivity index (χ2v) is 24.8. The van der Waals surface area contributed by atoms with E-state index in [9.17, 15) is 13.5 Å². The standard InChI is InChI=1S/C40H66O5SSi/c1-27-14-17-32(18-15-27)46(42,43)45-31-20-22-39(7)30(24-31)16-19-33-34(39)21-23-40(8)35(33)25-36(41)37(40)29(3)13-11-12-28(2)26-44-47(9,10)38(4,5)6/h14-18,28-29,31,33-37,41H,11-13,19-26H2,1-10H3/t28-,29-,31?,33-,34+,35+,36?,37+,39+,40+/m1/s1. The summed E-state index contributed by atoms with van der Waals surface area (Å²) < 4.78 is 38.5. The monoisotopic (exact) mass is 686 g/mol. The van der Waals surface area contributed by atoms with Gasteiger partial charge in [0.2, 0.25) is 0 Å². The van der Waals surface area contributed by atoms with Crippen molar-refractivity contribution in [1.29, 1.82) is 0 Å². The van der Waals surface area contributed by atoms with Gasteiger partial charge < -0.3 is 9.53 Å². The largest absolute Gasteiger partial charge is 0.417 e. The molecule has 5 rings (SSSR count). The summed E-state index contributed by atoms with van der Waals surface area (Å²) in [6, 6.07) is 6.96. The first kappa shape index (κ1) is 37.3. The molecule has 0 bridgehead atoms. The van der Waals surface area contributed by atoms with Crippen molar-refractivity contribution in [3.63, 3.8) is 0 Å². The molecule has 1 N–H and O–H groups in total. The van der Waals surface area contributed by atoms with Crippen LogP contribution >= 0.6 is 0 Å². The second-order valence-electron chi connectivity index (χ2n) is 18.4. The van der Waals surface area contributed by atoms with E-state index in [-0.39, 0.29) is 33.0 Å². The molecular formula is C40H66O5SSi. The van der Waals surface area contributed by atoms with Crippen LogP contribution in [0.2, 0.25) is 18.1 Å². The molecule has 0 aromatic heterocycles. The van der Waals surface area contributed by atoms with Crippen LogP contribution in [0.5, 0.6) is 0 Å². The molecule has 47 heavy (non-hydrogen) atoms. The summed E-state index contributed by atoms with van der Waals surface area (Å²) in [6.07, 6.45) is 12.3. The van der Waals surface area contributed by atoms with Gasteiger partial charge in [0.25, 0.3) is 10.1 Å². The Balaban J connectivity index is 1.19. The molecule has 5 nitrogen and oxygen atoms in total. The number of allylic oxidation sites excluding steroid dienone is 1. The molecule has 4 aliphatic carbocycles. The van der Waals surface area contributed by atoms with Gasteiger partial charge in [-0.3, -0.25) is 4.18 Å². The zero-order valence-corrected chi connectivity index (χ0v) is 33.1. The lowest BCUT2D eigenvalue weighted by molar-refractivity contribution is -0.0606. The molecule has 0 aliphatic heterocycles. The van der Waals surface area contributed by atoms with E-state index in [1.165, 1.54) is 37.7 Å². The summed E-state index contributed by atoms with van der Waals surface area (Å²) in [5, 5.41) is 11.9. The van der Waals surface area contributed by atoms with Crippen molar-refractivity contribution in [1.82, 2.24) is 0 Å². The van der Waals surface area contributed by atoms with Gasteiger partial charge in [0.15, 0.2) is 8.32 Å². The summed E-state index contributed by atoms with van der Waals surface area (Å²) in [5.74, 6) is 3.18. The topological polar surface area (TPSA) is 72.8 Å². The van der Waals surface area contributed by atoms with Crippen LogP contribution in [0.4, 0.5) is 0 Å². The fourth-order valence-corrected chi connectivity index (χ4v) is 12.6. The van der Waals surface area contributed by atoms with Gasteiger partial charge >= 0.3 is 0 Å². The highest BCUT2D eigenvalue weighted by atomic mass is 32.2. The average Bonchev–Trinajstić information content (AvgIpc) is 3.25. The Hall–Kier alpha value is -0.993. The number of aliphatic hydroxyl groups excluding tert-OH is 1. The molecule has 1 aromatic carbocycles. The zero-order valence-electron chi connectivity index (χ0n) is 31.3. The normalized spacial score (nSPS) is 35.8. The SMILES string of the molecule is Cc1ccc(S(=O)(=O)OC2CC[C@@]3(C)C(=CC[C@H]4[C@@H]5CC(O)[C@H]([C@H](C)CCC[C@@H](C)CO[Si](C)(C)C(C)(C)C)[C@@]5(C)CC[C@@H]43)C2)cc1. The minimum Gasteiger partial charge on any atom is -0.417 e. The highest BCUT2D eigenvalue weighted by Gasteiger charge is 2.61. The number of hydrogen-bond donors (Lipinski definition) is 1. The minimum atomic E-state index is -3.78. The van der Waals surface area contributed by atoms with Crippen LogP contribution in [0.25, 0.3) is 0 Å². The minimum absolute atomic E-state index is 0.0923.